The summed E-state index contributed by atoms with van der Waals surface area (Å²) >= 11 is 5.85. The molecule has 2 aliphatic rings. The number of aromatic nitrogens is 2. The van der Waals surface area contributed by atoms with E-state index >= 15 is 0 Å². The van der Waals surface area contributed by atoms with Gasteiger partial charge in [-0.3, -0.25) is 4.79 Å². The van der Waals surface area contributed by atoms with Gasteiger partial charge in [0.05, 0.1) is 29.9 Å². The first kappa shape index (κ1) is 12.4. The Hall–Kier alpha value is -2.34. The number of carbonyl (C=O) groups excluding carboxylic acids is 2. The monoisotopic (exact) mass is 302 g/mol. The summed E-state index contributed by atoms with van der Waals surface area (Å²) in [5.74, 6) is -0.212. The van der Waals surface area contributed by atoms with Crippen LogP contribution in [-0.4, -0.2) is 32.8 Å². The second-order valence-electron chi connectivity index (χ2n) is 5.11. The largest absolute Gasteiger partial charge is 0.347 e. The van der Waals surface area contributed by atoms with Crippen molar-refractivity contribution in [3.8, 4) is 0 Å². The molecule has 1 N–H and O–H groups in total. The molecule has 0 radical (unpaired) electrons. The molecule has 7 heteroatoms. The Bertz CT molecular complexity index is 701. The van der Waals surface area contributed by atoms with E-state index in [2.05, 4.69) is 9.97 Å². The number of nitrogens with one attached hydrogen (secondary N) is 1. The smallest absolute Gasteiger partial charge is 0.332 e. The lowest BCUT2D eigenvalue weighted by molar-refractivity contribution is -0.120. The molecule has 0 aliphatic carbocycles. The molecule has 0 bridgehead atoms. The van der Waals surface area contributed by atoms with Crippen molar-refractivity contribution in [1.82, 2.24) is 14.9 Å². The van der Waals surface area contributed by atoms with Crippen LogP contribution in [0.1, 0.15) is 11.4 Å². The molecular formula is C14H11ClN4O2. The van der Waals surface area contributed by atoms with Crippen LogP contribution in [0.4, 0.5) is 10.5 Å². The Balaban J connectivity index is 1.71. The minimum Gasteiger partial charge on any atom is -0.347 e. The van der Waals surface area contributed by atoms with Crippen LogP contribution in [0, 0.1) is 0 Å². The van der Waals surface area contributed by atoms with Crippen molar-refractivity contribution < 1.29 is 9.59 Å². The molecule has 1 saturated heterocycles. The third kappa shape index (κ3) is 1.76. The van der Waals surface area contributed by atoms with E-state index in [1.807, 2.05) is 0 Å². The van der Waals surface area contributed by atoms with E-state index in [-0.39, 0.29) is 11.9 Å². The van der Waals surface area contributed by atoms with Crippen LogP contribution in [0.2, 0.25) is 5.02 Å². The van der Waals surface area contributed by atoms with Crippen molar-refractivity contribution in [2.75, 3.05) is 4.90 Å². The Morgan fingerprint density at radius 3 is 2.76 bits per heavy atom. The number of rotatable bonds is 1. The van der Waals surface area contributed by atoms with Crippen LogP contribution in [0.25, 0.3) is 0 Å². The van der Waals surface area contributed by atoms with E-state index in [0.29, 0.717) is 23.7 Å². The van der Waals surface area contributed by atoms with Gasteiger partial charge in [-0.2, -0.15) is 0 Å². The topological polar surface area (TPSA) is 69.3 Å². The summed E-state index contributed by atoms with van der Waals surface area (Å²) in [4.78, 5) is 35.1. The lowest BCUT2D eigenvalue weighted by Crippen LogP contribution is -2.40. The maximum Gasteiger partial charge on any atom is 0.332 e. The molecule has 106 valence electrons. The van der Waals surface area contributed by atoms with Gasteiger partial charge in [-0.15, -0.1) is 0 Å². The Morgan fingerprint density at radius 1 is 1.24 bits per heavy atom. The van der Waals surface area contributed by atoms with E-state index in [4.69, 9.17) is 11.6 Å². The van der Waals surface area contributed by atoms with Crippen molar-refractivity contribution in [2.24, 2.45) is 0 Å². The lowest BCUT2D eigenvalue weighted by Gasteiger charge is -2.25. The molecule has 1 atom stereocenters. The van der Waals surface area contributed by atoms with Crippen molar-refractivity contribution >= 4 is 29.2 Å². The molecule has 21 heavy (non-hydrogen) atoms. The molecule has 6 nitrogen and oxygen atoms in total. The first-order valence-electron chi connectivity index (χ1n) is 6.56. The number of anilines is 1. The summed E-state index contributed by atoms with van der Waals surface area (Å²) in [6.45, 7) is 0.384. The highest BCUT2D eigenvalue weighted by Crippen LogP contribution is 2.32. The van der Waals surface area contributed by atoms with Gasteiger partial charge in [-0.05, 0) is 24.3 Å². The highest BCUT2D eigenvalue weighted by atomic mass is 35.5. The molecular weight excluding hydrogens is 292 g/mol. The van der Waals surface area contributed by atoms with Crippen LogP contribution < -0.4 is 4.90 Å². The summed E-state index contributed by atoms with van der Waals surface area (Å²) in [6.07, 6.45) is 2.05. The zero-order chi connectivity index (χ0) is 14.6. The maximum absolute atomic E-state index is 12.6. The number of hydrogen-bond acceptors (Lipinski definition) is 3. The molecule has 0 saturated carbocycles. The number of imidazole rings is 1. The van der Waals surface area contributed by atoms with E-state index < -0.39 is 6.04 Å². The molecule has 4 rings (SSSR count). The first-order valence-corrected chi connectivity index (χ1v) is 6.94. The Labute approximate surface area is 125 Å². The van der Waals surface area contributed by atoms with Gasteiger partial charge in [-0.1, -0.05) is 11.6 Å². The molecule has 0 unspecified atom stereocenters. The van der Waals surface area contributed by atoms with Gasteiger partial charge in [0.2, 0.25) is 0 Å². The number of amides is 3. The van der Waals surface area contributed by atoms with Gasteiger partial charge < -0.3 is 9.88 Å². The van der Waals surface area contributed by atoms with Crippen molar-refractivity contribution in [2.45, 2.75) is 19.0 Å². The van der Waals surface area contributed by atoms with E-state index in [1.165, 1.54) is 4.90 Å². The van der Waals surface area contributed by atoms with E-state index in [1.54, 1.807) is 35.5 Å². The highest BCUT2D eigenvalue weighted by molar-refractivity contribution is 6.30. The number of carbonyl (C=O) groups is 2. The maximum atomic E-state index is 12.6. The fourth-order valence-electron chi connectivity index (χ4n) is 2.86. The SMILES string of the molecule is O=C1[C@@H]2Cc3nc[nH]c3CN2C(=O)N1c1ccc(Cl)cc1. The highest BCUT2D eigenvalue weighted by Gasteiger charge is 2.48. The quantitative estimate of drug-likeness (QED) is 0.819. The van der Waals surface area contributed by atoms with Crippen LogP contribution >= 0.6 is 11.6 Å². The fraction of sp³-hybridized carbons (Fsp3) is 0.214. The minimum atomic E-state index is -0.469. The Morgan fingerprint density at radius 2 is 2.00 bits per heavy atom. The summed E-state index contributed by atoms with van der Waals surface area (Å²) in [5.41, 5.74) is 2.29. The van der Waals surface area contributed by atoms with E-state index in [0.717, 1.165) is 11.4 Å². The number of aromatic amines is 1. The molecule has 1 aromatic heterocycles. The molecule has 0 spiro atoms. The minimum absolute atomic E-state index is 0.212. The predicted molar refractivity (Wildman–Crippen MR) is 76.0 cm³/mol. The molecule has 2 aromatic rings. The Kier molecular flexibility index (Phi) is 2.56. The van der Waals surface area contributed by atoms with Crippen molar-refractivity contribution in [3.63, 3.8) is 0 Å². The number of H-pyrrole nitrogens is 1. The summed E-state index contributed by atoms with van der Waals surface area (Å²) in [7, 11) is 0. The number of hydrogen-bond donors (Lipinski definition) is 1. The third-order valence-electron chi connectivity index (χ3n) is 3.93. The summed E-state index contributed by atoms with van der Waals surface area (Å²) < 4.78 is 0. The standard InChI is InChI=1S/C14H11ClN4O2/c15-8-1-3-9(4-2-8)19-13(20)12-5-10-11(17-7-16-10)6-18(12)14(19)21/h1-4,7,12H,5-6H2,(H,16,17)/t12-/m0/s1. The number of halogens is 1. The predicted octanol–water partition coefficient (Wildman–Crippen LogP) is 1.96. The summed E-state index contributed by atoms with van der Waals surface area (Å²) in [6, 6.07) is 5.91. The molecule has 3 amide bonds. The molecule has 1 aromatic carbocycles. The van der Waals surface area contributed by atoms with Crippen molar-refractivity contribution in [3.05, 3.63) is 47.0 Å². The molecule has 2 aliphatic heterocycles. The average Bonchev–Trinajstić information content (AvgIpc) is 3.03. The third-order valence-corrected chi connectivity index (χ3v) is 4.18. The van der Waals surface area contributed by atoms with Gasteiger partial charge in [0.15, 0.2) is 0 Å². The van der Waals surface area contributed by atoms with Gasteiger partial charge in [0.25, 0.3) is 5.91 Å². The van der Waals surface area contributed by atoms with Crippen LogP contribution in [0.15, 0.2) is 30.6 Å². The second-order valence-corrected chi connectivity index (χ2v) is 5.54. The van der Waals surface area contributed by atoms with Gasteiger partial charge in [0.1, 0.15) is 6.04 Å². The fourth-order valence-corrected chi connectivity index (χ4v) is 2.98. The van der Waals surface area contributed by atoms with Crippen molar-refractivity contribution in [1.29, 1.82) is 0 Å². The van der Waals surface area contributed by atoms with Gasteiger partial charge in [-0.25, -0.2) is 14.7 Å². The first-order chi connectivity index (χ1) is 10.1. The number of urea groups is 1. The number of imide groups is 1. The number of nitrogens with zero attached hydrogens (tertiary/aromatic N) is 3. The summed E-state index contributed by atoms with van der Waals surface area (Å²) in [5, 5.41) is 0.565. The normalized spacial score (nSPS) is 20.7. The zero-order valence-electron chi connectivity index (χ0n) is 10.9. The second kappa shape index (κ2) is 4.33. The molecule has 1 fully saturated rings. The van der Waals surface area contributed by atoms with Crippen LogP contribution in [-0.2, 0) is 17.8 Å². The molecule has 3 heterocycles. The number of benzene rings is 1. The van der Waals surface area contributed by atoms with Gasteiger partial charge in [0, 0.05) is 11.4 Å². The number of fused-ring (bicyclic) bond motifs is 2. The van der Waals surface area contributed by atoms with E-state index in [9.17, 15) is 9.59 Å². The average molecular weight is 303 g/mol. The van der Waals surface area contributed by atoms with Crippen LogP contribution in [0.3, 0.4) is 0 Å². The van der Waals surface area contributed by atoms with Gasteiger partial charge >= 0.3 is 6.03 Å². The lowest BCUT2D eigenvalue weighted by atomic mass is 10.0. The zero-order valence-corrected chi connectivity index (χ0v) is 11.7. The van der Waals surface area contributed by atoms with Crippen LogP contribution in [0.5, 0.6) is 0 Å².